The molecule has 194 valence electrons. The molecule has 0 aromatic heterocycles. The first kappa shape index (κ1) is 32.1. The van der Waals surface area contributed by atoms with Crippen molar-refractivity contribution in [1.29, 1.82) is 0 Å². The number of rotatable bonds is 16. The molecule has 0 bridgehead atoms. The number of hydrogen-bond acceptors (Lipinski definition) is 6. The summed E-state index contributed by atoms with van der Waals surface area (Å²) in [5.74, 6) is -0.0815. The van der Waals surface area contributed by atoms with Crippen LogP contribution in [-0.4, -0.2) is 74.8 Å². The molecule has 0 aromatic rings. The lowest BCUT2D eigenvalue weighted by Crippen LogP contribution is -2.50. The molecule has 1 amide bonds. The van der Waals surface area contributed by atoms with Crippen molar-refractivity contribution < 1.29 is 23.1 Å². The van der Waals surface area contributed by atoms with Crippen LogP contribution in [0.25, 0.3) is 10.4 Å². The van der Waals surface area contributed by atoms with E-state index in [2.05, 4.69) is 83.1 Å². The van der Waals surface area contributed by atoms with E-state index >= 15 is 0 Å². The van der Waals surface area contributed by atoms with Crippen LogP contribution >= 0.6 is 0 Å². The van der Waals surface area contributed by atoms with Crippen LogP contribution < -0.4 is 5.32 Å². The molecular formula is C22H48N4O5Si2. The van der Waals surface area contributed by atoms with E-state index < -0.39 is 16.6 Å². The number of hydrogen-bond donors (Lipinski definition) is 1. The average molecular weight is 505 g/mol. The van der Waals surface area contributed by atoms with Gasteiger partial charge in [-0.3, -0.25) is 4.79 Å². The molecule has 0 rings (SSSR count). The molecule has 0 saturated heterocycles. The fourth-order valence-corrected chi connectivity index (χ4v) is 4.22. The summed E-state index contributed by atoms with van der Waals surface area (Å²) in [4.78, 5) is 15.2. The van der Waals surface area contributed by atoms with Crippen molar-refractivity contribution in [1.82, 2.24) is 5.32 Å². The second-order valence-electron chi connectivity index (χ2n) is 11.3. The van der Waals surface area contributed by atoms with Gasteiger partial charge in [0.2, 0.25) is 5.91 Å². The van der Waals surface area contributed by atoms with E-state index in [1.807, 2.05) is 0 Å². The van der Waals surface area contributed by atoms with Crippen LogP contribution in [0.1, 0.15) is 48.0 Å². The van der Waals surface area contributed by atoms with E-state index in [-0.39, 0.29) is 28.4 Å². The van der Waals surface area contributed by atoms with Crippen molar-refractivity contribution in [2.75, 3.05) is 46.2 Å². The van der Waals surface area contributed by atoms with Gasteiger partial charge in [-0.15, -0.1) is 0 Å². The van der Waals surface area contributed by atoms with Crippen LogP contribution in [0.4, 0.5) is 0 Å². The fraction of sp³-hybridized carbons (Fsp3) is 0.955. The zero-order valence-corrected chi connectivity index (χ0v) is 24.6. The summed E-state index contributed by atoms with van der Waals surface area (Å²) >= 11 is 0. The Kier molecular flexibility index (Phi) is 14.0. The zero-order valence-electron chi connectivity index (χ0n) is 22.6. The van der Waals surface area contributed by atoms with Crippen LogP contribution in [-0.2, 0) is 23.1 Å². The number of nitrogens with one attached hydrogen (secondary N) is 1. The van der Waals surface area contributed by atoms with E-state index in [9.17, 15) is 4.79 Å². The van der Waals surface area contributed by atoms with Crippen LogP contribution in [0.2, 0.25) is 36.3 Å². The molecule has 0 aliphatic heterocycles. The number of ether oxygens (including phenoxy) is 2. The zero-order chi connectivity index (χ0) is 25.8. The maximum Gasteiger partial charge on any atom is 0.222 e. The monoisotopic (exact) mass is 504 g/mol. The molecule has 0 aliphatic rings. The molecule has 0 fully saturated rings. The van der Waals surface area contributed by atoms with Crippen LogP contribution in [0.5, 0.6) is 0 Å². The number of nitrogens with zero attached hydrogens (tertiary/aromatic N) is 3. The van der Waals surface area contributed by atoms with Gasteiger partial charge in [0.1, 0.15) is 0 Å². The second kappa shape index (κ2) is 14.5. The van der Waals surface area contributed by atoms with E-state index in [0.29, 0.717) is 46.2 Å². The summed E-state index contributed by atoms with van der Waals surface area (Å²) in [6, 6.07) is -0.204. The first-order chi connectivity index (χ1) is 15.0. The van der Waals surface area contributed by atoms with Gasteiger partial charge < -0.3 is 23.6 Å². The molecule has 0 saturated carbocycles. The average Bonchev–Trinajstić information content (AvgIpc) is 2.67. The molecule has 0 aliphatic carbocycles. The maximum atomic E-state index is 12.5. The number of carbonyl (C=O) groups excluding carboxylic acids is 1. The van der Waals surface area contributed by atoms with E-state index in [0.717, 1.165) is 0 Å². The third-order valence-electron chi connectivity index (χ3n) is 6.51. The van der Waals surface area contributed by atoms with Crippen LogP contribution in [0.15, 0.2) is 5.11 Å². The quantitative estimate of drug-likeness (QED) is 0.101. The molecule has 0 unspecified atom stereocenters. The lowest BCUT2D eigenvalue weighted by Gasteiger charge is -2.39. The molecule has 11 heteroatoms. The van der Waals surface area contributed by atoms with Crippen LogP contribution in [0, 0.1) is 0 Å². The first-order valence-electron chi connectivity index (χ1n) is 11.8. The minimum atomic E-state index is -1.94. The SMILES string of the molecule is CC(C)(C)[Si](C)(C)OCC(CO[Si](C)(C)C(C)(C)C)NC(=O)CCOCCOCCN=[N+]=[N-]. The van der Waals surface area contributed by atoms with Gasteiger partial charge in [-0.25, -0.2) is 0 Å². The molecule has 0 radical (unpaired) electrons. The van der Waals surface area contributed by atoms with Gasteiger partial charge >= 0.3 is 0 Å². The summed E-state index contributed by atoms with van der Waals surface area (Å²) in [7, 11) is -3.89. The number of amides is 1. The van der Waals surface area contributed by atoms with E-state index in [1.54, 1.807) is 0 Å². The Labute approximate surface area is 203 Å². The van der Waals surface area contributed by atoms with Gasteiger partial charge in [-0.05, 0) is 41.8 Å². The van der Waals surface area contributed by atoms with Crippen molar-refractivity contribution >= 4 is 22.5 Å². The van der Waals surface area contributed by atoms with Crippen LogP contribution in [0.3, 0.4) is 0 Å². The highest BCUT2D eigenvalue weighted by atomic mass is 28.4. The lowest BCUT2D eigenvalue weighted by molar-refractivity contribution is -0.123. The predicted octanol–water partition coefficient (Wildman–Crippen LogP) is 5.25. The third-order valence-corrected chi connectivity index (χ3v) is 15.5. The van der Waals surface area contributed by atoms with E-state index in [4.69, 9.17) is 23.9 Å². The molecule has 0 atom stereocenters. The Bertz CT molecular complexity index is 597. The molecule has 33 heavy (non-hydrogen) atoms. The van der Waals surface area contributed by atoms with E-state index in [1.165, 1.54) is 0 Å². The smallest absolute Gasteiger partial charge is 0.222 e. The highest BCUT2D eigenvalue weighted by molar-refractivity contribution is 6.74. The summed E-state index contributed by atoms with van der Waals surface area (Å²) in [5, 5.41) is 6.67. The molecule has 9 nitrogen and oxygen atoms in total. The molecule has 0 aromatic carbocycles. The number of azide groups is 1. The summed E-state index contributed by atoms with van der Waals surface area (Å²) in [6.07, 6.45) is 0.259. The minimum Gasteiger partial charge on any atom is -0.415 e. The van der Waals surface area contributed by atoms with Crippen molar-refractivity contribution in [3.05, 3.63) is 10.4 Å². The predicted molar refractivity (Wildman–Crippen MR) is 138 cm³/mol. The third kappa shape index (κ3) is 13.5. The molecule has 1 N–H and O–H groups in total. The Morgan fingerprint density at radius 3 is 1.76 bits per heavy atom. The highest BCUT2D eigenvalue weighted by Crippen LogP contribution is 2.37. The molecule has 0 spiro atoms. The normalized spacial score (nSPS) is 13.2. The van der Waals surface area contributed by atoms with Gasteiger partial charge in [0, 0.05) is 17.9 Å². The Hall–Kier alpha value is -0.946. The summed E-state index contributed by atoms with van der Waals surface area (Å²) < 4.78 is 23.5. The van der Waals surface area contributed by atoms with Gasteiger partial charge in [0.15, 0.2) is 16.6 Å². The molecule has 0 heterocycles. The fourth-order valence-electron chi connectivity index (χ4n) is 2.12. The lowest BCUT2D eigenvalue weighted by atomic mass is 10.2. The van der Waals surface area contributed by atoms with Gasteiger partial charge in [-0.2, -0.15) is 0 Å². The van der Waals surface area contributed by atoms with Crippen molar-refractivity contribution in [2.45, 2.75) is 90.3 Å². The minimum absolute atomic E-state index is 0.0815. The topological polar surface area (TPSA) is 115 Å². The van der Waals surface area contributed by atoms with Crippen molar-refractivity contribution in [3.8, 4) is 0 Å². The second-order valence-corrected chi connectivity index (χ2v) is 21.0. The Balaban J connectivity index is 4.69. The Morgan fingerprint density at radius 1 is 0.879 bits per heavy atom. The van der Waals surface area contributed by atoms with Crippen molar-refractivity contribution in [3.63, 3.8) is 0 Å². The number of carbonyl (C=O) groups is 1. The Morgan fingerprint density at radius 2 is 1.33 bits per heavy atom. The van der Waals surface area contributed by atoms with Gasteiger partial charge in [0.05, 0.1) is 45.7 Å². The highest BCUT2D eigenvalue weighted by Gasteiger charge is 2.39. The maximum absolute atomic E-state index is 12.5. The summed E-state index contributed by atoms with van der Waals surface area (Å²) in [5.41, 5.74) is 8.20. The summed E-state index contributed by atoms with van der Waals surface area (Å²) in [6.45, 7) is 24.7. The van der Waals surface area contributed by atoms with Gasteiger partial charge in [-0.1, -0.05) is 46.7 Å². The van der Waals surface area contributed by atoms with Crippen molar-refractivity contribution in [2.24, 2.45) is 5.11 Å². The standard InChI is InChI=1S/C22H48N4O5Si2/c1-21(2,3)32(7,8)30-17-19(18-31-33(9,10)22(4,5)6)25-20(27)11-13-28-15-16-29-14-12-24-26-23/h19H,11-18H2,1-10H3,(H,25,27). The largest absolute Gasteiger partial charge is 0.415 e. The first-order valence-corrected chi connectivity index (χ1v) is 17.6. The molecular weight excluding hydrogens is 456 g/mol. The van der Waals surface area contributed by atoms with Gasteiger partial charge in [0.25, 0.3) is 0 Å².